The molecule has 1 aliphatic rings. The molecule has 2 N–H and O–H groups in total. The van der Waals surface area contributed by atoms with Gasteiger partial charge >= 0.3 is 0 Å². The summed E-state index contributed by atoms with van der Waals surface area (Å²) in [6.45, 7) is 2.42. The quantitative estimate of drug-likeness (QED) is 0.619. The first-order valence-electron chi connectivity index (χ1n) is 8.56. The highest BCUT2D eigenvalue weighted by Gasteiger charge is 2.23. The molecule has 1 aromatic carbocycles. The first-order valence-corrected chi connectivity index (χ1v) is 8.93. The second kappa shape index (κ2) is 9.51. The average Bonchev–Trinajstić information content (AvgIpc) is 2.64. The zero-order valence-electron chi connectivity index (χ0n) is 15.1. The molecule has 1 fully saturated rings. The fourth-order valence-electron chi connectivity index (χ4n) is 3.08. The summed E-state index contributed by atoms with van der Waals surface area (Å²) in [5.74, 6) is 2.21. The monoisotopic (exact) mass is 366 g/mol. The second-order valence-corrected chi connectivity index (χ2v) is 6.60. The fourth-order valence-corrected chi connectivity index (χ4v) is 3.25. The summed E-state index contributed by atoms with van der Waals surface area (Å²) in [7, 11) is 5.12. The van der Waals surface area contributed by atoms with Gasteiger partial charge in [-0.2, -0.15) is 0 Å². The van der Waals surface area contributed by atoms with Crippen molar-refractivity contribution in [2.75, 3.05) is 34.3 Å². The molecule has 0 spiro atoms. The molecular weight excluding hydrogens is 340 g/mol. The van der Waals surface area contributed by atoms with Gasteiger partial charge < -0.3 is 20.3 Å². The molecular formula is C18H27ClN4O2. The first kappa shape index (κ1) is 19.4. The Labute approximate surface area is 154 Å². The molecule has 2 rings (SSSR count). The number of carbonyl (C=O) groups excluding carboxylic acids is 1. The summed E-state index contributed by atoms with van der Waals surface area (Å²) in [4.78, 5) is 18.1. The van der Waals surface area contributed by atoms with Crippen molar-refractivity contribution >= 4 is 23.5 Å². The van der Waals surface area contributed by atoms with Crippen molar-refractivity contribution in [3.05, 3.63) is 28.8 Å². The highest BCUT2D eigenvalue weighted by Crippen LogP contribution is 2.23. The molecule has 7 heteroatoms. The Balaban J connectivity index is 1.88. The number of halogens is 1. The smallest absolute Gasteiger partial charge is 0.220 e. The van der Waals surface area contributed by atoms with E-state index in [2.05, 4.69) is 20.5 Å². The standard InChI is InChI=1S/C18H27ClN4O2/c1-20-17(24)10-13-6-8-23(9-7-13)18(21-2)22-12-14-4-5-15(19)11-16(14)25-3/h4-5,11,13H,6-10,12H2,1-3H3,(H,20,24)(H,21,22). The Morgan fingerprint density at radius 1 is 1.40 bits per heavy atom. The predicted octanol–water partition coefficient (Wildman–Crippen LogP) is 2.27. The number of hydrogen-bond acceptors (Lipinski definition) is 3. The summed E-state index contributed by atoms with van der Waals surface area (Å²) < 4.78 is 5.38. The van der Waals surface area contributed by atoms with Gasteiger partial charge in [-0.1, -0.05) is 17.7 Å². The first-order chi connectivity index (χ1) is 12.1. The van der Waals surface area contributed by atoms with Crippen molar-refractivity contribution in [2.24, 2.45) is 10.9 Å². The van der Waals surface area contributed by atoms with Crippen LogP contribution in [0.3, 0.4) is 0 Å². The Hall–Kier alpha value is -1.95. The molecule has 1 aliphatic heterocycles. The van der Waals surface area contributed by atoms with Crippen molar-refractivity contribution in [2.45, 2.75) is 25.8 Å². The van der Waals surface area contributed by atoms with Gasteiger partial charge in [0.2, 0.25) is 5.91 Å². The van der Waals surface area contributed by atoms with Crippen molar-refractivity contribution in [1.29, 1.82) is 0 Å². The third-order valence-electron chi connectivity index (χ3n) is 4.56. The van der Waals surface area contributed by atoms with Gasteiger partial charge in [-0.15, -0.1) is 0 Å². The lowest BCUT2D eigenvalue weighted by Crippen LogP contribution is -2.45. The van der Waals surface area contributed by atoms with Gasteiger partial charge in [0, 0.05) is 50.7 Å². The van der Waals surface area contributed by atoms with E-state index in [4.69, 9.17) is 16.3 Å². The molecule has 0 aromatic heterocycles. The second-order valence-electron chi connectivity index (χ2n) is 6.16. The molecule has 0 atom stereocenters. The summed E-state index contributed by atoms with van der Waals surface area (Å²) in [5.41, 5.74) is 1.03. The number of benzene rings is 1. The minimum absolute atomic E-state index is 0.121. The number of likely N-dealkylation sites (tertiary alicyclic amines) is 1. The van der Waals surface area contributed by atoms with Crippen LogP contribution in [0.1, 0.15) is 24.8 Å². The zero-order chi connectivity index (χ0) is 18.2. The molecule has 1 aromatic rings. The van der Waals surface area contributed by atoms with Crippen molar-refractivity contribution in [1.82, 2.24) is 15.5 Å². The topological polar surface area (TPSA) is 66.0 Å². The number of hydrogen-bond donors (Lipinski definition) is 2. The van der Waals surface area contributed by atoms with Gasteiger partial charge in [0.1, 0.15) is 5.75 Å². The Bertz CT molecular complexity index is 613. The number of amides is 1. The van der Waals surface area contributed by atoms with Gasteiger partial charge in [0.25, 0.3) is 0 Å². The predicted molar refractivity (Wildman–Crippen MR) is 101 cm³/mol. The zero-order valence-corrected chi connectivity index (χ0v) is 15.9. The van der Waals surface area contributed by atoms with Crippen LogP contribution in [0.15, 0.2) is 23.2 Å². The molecule has 0 radical (unpaired) electrons. The van der Waals surface area contributed by atoms with E-state index < -0.39 is 0 Å². The minimum Gasteiger partial charge on any atom is -0.496 e. The molecule has 1 amide bonds. The highest BCUT2D eigenvalue weighted by molar-refractivity contribution is 6.30. The van der Waals surface area contributed by atoms with Gasteiger partial charge in [0.15, 0.2) is 5.96 Å². The number of piperidine rings is 1. The minimum atomic E-state index is 0.121. The Morgan fingerprint density at radius 3 is 2.72 bits per heavy atom. The molecule has 138 valence electrons. The molecule has 25 heavy (non-hydrogen) atoms. The van der Waals surface area contributed by atoms with Crippen LogP contribution >= 0.6 is 11.6 Å². The van der Waals surface area contributed by atoms with E-state index in [0.717, 1.165) is 43.2 Å². The van der Waals surface area contributed by atoms with Crippen molar-refractivity contribution < 1.29 is 9.53 Å². The van der Waals surface area contributed by atoms with Gasteiger partial charge in [-0.05, 0) is 30.9 Å². The number of nitrogens with zero attached hydrogens (tertiary/aromatic N) is 2. The number of methoxy groups -OCH3 is 1. The van der Waals surface area contributed by atoms with Crippen LogP contribution in [0.5, 0.6) is 5.75 Å². The number of aliphatic imine (C=N–C) groups is 1. The van der Waals surface area contributed by atoms with E-state index in [1.807, 2.05) is 18.2 Å². The largest absolute Gasteiger partial charge is 0.496 e. The Kier molecular flexibility index (Phi) is 7.37. The number of ether oxygens (including phenoxy) is 1. The molecule has 1 heterocycles. The number of guanidine groups is 1. The SMILES string of the molecule is CN=C(NCc1ccc(Cl)cc1OC)N1CCC(CC(=O)NC)CC1. The molecule has 6 nitrogen and oxygen atoms in total. The number of nitrogens with one attached hydrogen (secondary N) is 2. The lowest BCUT2D eigenvalue weighted by molar-refractivity contribution is -0.121. The van der Waals surface area contributed by atoms with E-state index in [0.29, 0.717) is 23.9 Å². The molecule has 0 bridgehead atoms. The normalized spacial score (nSPS) is 15.8. The van der Waals surface area contributed by atoms with Gasteiger partial charge in [-0.3, -0.25) is 9.79 Å². The van der Waals surface area contributed by atoms with E-state index in [-0.39, 0.29) is 5.91 Å². The van der Waals surface area contributed by atoms with E-state index in [9.17, 15) is 4.79 Å². The maximum Gasteiger partial charge on any atom is 0.220 e. The van der Waals surface area contributed by atoms with E-state index >= 15 is 0 Å². The number of rotatable bonds is 5. The van der Waals surface area contributed by atoms with Crippen LogP contribution in [0, 0.1) is 5.92 Å². The van der Waals surface area contributed by atoms with Gasteiger partial charge in [0.05, 0.1) is 7.11 Å². The molecule has 0 aliphatic carbocycles. The molecule has 0 unspecified atom stereocenters. The Morgan fingerprint density at radius 2 is 2.12 bits per heavy atom. The summed E-state index contributed by atoms with van der Waals surface area (Å²) in [6, 6.07) is 5.62. The maximum atomic E-state index is 11.5. The van der Waals surface area contributed by atoms with Crippen molar-refractivity contribution in [3.63, 3.8) is 0 Å². The fraction of sp³-hybridized carbons (Fsp3) is 0.556. The van der Waals surface area contributed by atoms with Crippen LogP contribution in [-0.4, -0.2) is 51.1 Å². The van der Waals surface area contributed by atoms with Crippen LogP contribution in [0.25, 0.3) is 0 Å². The third kappa shape index (κ3) is 5.53. The highest BCUT2D eigenvalue weighted by atomic mass is 35.5. The summed E-state index contributed by atoms with van der Waals surface area (Å²) in [6.07, 6.45) is 2.61. The third-order valence-corrected chi connectivity index (χ3v) is 4.80. The summed E-state index contributed by atoms with van der Waals surface area (Å²) in [5, 5.41) is 6.75. The number of carbonyl (C=O) groups is 1. The lowest BCUT2D eigenvalue weighted by atomic mass is 9.93. The van der Waals surface area contributed by atoms with E-state index in [1.54, 1.807) is 21.2 Å². The van der Waals surface area contributed by atoms with E-state index in [1.165, 1.54) is 0 Å². The van der Waals surface area contributed by atoms with Crippen LogP contribution in [0.2, 0.25) is 5.02 Å². The van der Waals surface area contributed by atoms with Gasteiger partial charge in [-0.25, -0.2) is 0 Å². The lowest BCUT2D eigenvalue weighted by Gasteiger charge is -2.34. The average molecular weight is 367 g/mol. The van der Waals surface area contributed by atoms with Crippen molar-refractivity contribution in [3.8, 4) is 5.75 Å². The van der Waals surface area contributed by atoms with Crippen LogP contribution in [-0.2, 0) is 11.3 Å². The molecule has 0 saturated carbocycles. The van der Waals surface area contributed by atoms with Crippen LogP contribution in [0.4, 0.5) is 0 Å². The maximum absolute atomic E-state index is 11.5. The van der Waals surface area contributed by atoms with Crippen LogP contribution < -0.4 is 15.4 Å². The summed E-state index contributed by atoms with van der Waals surface area (Å²) >= 11 is 6.01. The molecule has 1 saturated heterocycles.